The van der Waals surface area contributed by atoms with E-state index in [0.717, 1.165) is 6.04 Å². The Kier molecular flexibility index (Phi) is 8.81. The summed E-state index contributed by atoms with van der Waals surface area (Å²) in [5.41, 5.74) is 0. The van der Waals surface area contributed by atoms with Gasteiger partial charge in [-0.25, -0.2) is 0 Å². The second kappa shape index (κ2) is 8.93. The second-order valence-corrected chi connectivity index (χ2v) is 3.47. The van der Waals surface area contributed by atoms with E-state index in [0.29, 0.717) is 13.2 Å². The maximum atomic E-state index is 5.39. The quantitative estimate of drug-likeness (QED) is 0.248. The summed E-state index contributed by atoms with van der Waals surface area (Å²) >= 11 is 0. The van der Waals surface area contributed by atoms with Crippen LogP contribution < -0.4 is 0 Å². The van der Waals surface area contributed by atoms with Crippen LogP contribution in [0, 0.1) is 0 Å². The summed E-state index contributed by atoms with van der Waals surface area (Å²) in [5.74, 6) is 0. The molecule has 0 fully saturated rings. The monoisotopic (exact) mass is 190 g/mol. The topological polar surface area (TPSA) is 27.7 Å². The maximum absolute atomic E-state index is 5.39. The fourth-order valence-electron chi connectivity index (χ4n) is 0.664. The summed E-state index contributed by atoms with van der Waals surface area (Å²) in [4.78, 5) is 0. The van der Waals surface area contributed by atoms with E-state index in [-0.39, 0.29) is 0 Å². The Hall–Kier alpha value is -0.163. The van der Waals surface area contributed by atoms with Crippen molar-refractivity contribution in [3.05, 3.63) is 12.7 Å². The van der Waals surface area contributed by atoms with Crippen LogP contribution in [0.15, 0.2) is 12.7 Å². The van der Waals surface area contributed by atoms with E-state index < -0.39 is 16.2 Å². The molecular weight excluding hydrogens is 172 g/mol. The third-order valence-electron chi connectivity index (χ3n) is 1.18. The first-order chi connectivity index (χ1) is 5.85. The molecule has 0 unspecified atom stereocenters. The molecule has 0 N–H and O–H groups in total. The van der Waals surface area contributed by atoms with Crippen molar-refractivity contribution in [2.75, 3.05) is 13.2 Å². The molecular formula is C8H18O3Si. The molecule has 0 spiro atoms. The van der Waals surface area contributed by atoms with Gasteiger partial charge in [0.15, 0.2) is 9.76 Å². The first kappa shape index (κ1) is 11.8. The first-order valence-corrected chi connectivity index (χ1v) is 5.88. The molecule has 3 nitrogen and oxygen atoms in total. The van der Waals surface area contributed by atoms with Crippen molar-refractivity contribution in [1.29, 1.82) is 0 Å². The smallest absolute Gasteiger partial charge is 0.261 e. The molecule has 0 aliphatic rings. The molecule has 0 aromatic rings. The zero-order chi connectivity index (χ0) is 9.23. The molecule has 0 rings (SSSR count). The van der Waals surface area contributed by atoms with Gasteiger partial charge in [0.1, 0.15) is 0 Å². The number of rotatable bonds is 8. The van der Waals surface area contributed by atoms with Crippen LogP contribution >= 0.6 is 0 Å². The molecule has 0 amide bonds. The number of hydrogen-bond donors (Lipinski definition) is 0. The van der Waals surface area contributed by atoms with Gasteiger partial charge in [0.2, 0.25) is 0 Å². The number of hydrogen-bond acceptors (Lipinski definition) is 3. The lowest BCUT2D eigenvalue weighted by Gasteiger charge is -2.16. The highest BCUT2D eigenvalue weighted by Crippen LogP contribution is 1.97. The van der Waals surface area contributed by atoms with E-state index in [1.807, 2.05) is 19.9 Å². The molecule has 0 aromatic heterocycles. The van der Waals surface area contributed by atoms with Gasteiger partial charge in [0.05, 0.1) is 0 Å². The van der Waals surface area contributed by atoms with Crippen LogP contribution in [0.5, 0.6) is 0 Å². The van der Waals surface area contributed by atoms with Crippen LogP contribution in [-0.4, -0.2) is 29.5 Å². The summed E-state index contributed by atoms with van der Waals surface area (Å²) in [7, 11) is -0.545. The molecule has 0 aliphatic carbocycles. The fourth-order valence-corrected chi connectivity index (χ4v) is 1.35. The summed E-state index contributed by atoms with van der Waals surface area (Å²) in [5, 5.41) is 0. The van der Waals surface area contributed by atoms with Crippen LogP contribution in [-0.2, 0) is 13.9 Å². The zero-order valence-corrected chi connectivity index (χ0v) is 9.33. The Bertz CT molecular complexity index is 102. The van der Waals surface area contributed by atoms with Crippen molar-refractivity contribution >= 4 is 9.76 Å². The molecule has 0 heterocycles. The van der Waals surface area contributed by atoms with E-state index in [9.17, 15) is 0 Å². The Morgan fingerprint density at radius 1 is 1.33 bits per heavy atom. The first-order valence-electron chi connectivity index (χ1n) is 4.30. The summed E-state index contributed by atoms with van der Waals surface area (Å²) in [6.07, 6.45) is 1.86. The average molecular weight is 190 g/mol. The van der Waals surface area contributed by atoms with Gasteiger partial charge in [-0.05, 0) is 19.9 Å². The van der Waals surface area contributed by atoms with Crippen molar-refractivity contribution in [2.45, 2.75) is 26.4 Å². The molecule has 0 atom stereocenters. The minimum Gasteiger partial charge on any atom is -0.378 e. The Morgan fingerprint density at radius 2 is 1.92 bits per heavy atom. The van der Waals surface area contributed by atoms with E-state index in [1.165, 1.54) is 0 Å². The number of allylic oxidation sites excluding steroid dienone is 1. The van der Waals surface area contributed by atoms with Gasteiger partial charge in [0, 0.05) is 13.2 Å². The van der Waals surface area contributed by atoms with Crippen LogP contribution in [0.1, 0.15) is 13.8 Å². The molecule has 0 saturated carbocycles. The zero-order valence-electron chi connectivity index (χ0n) is 7.91. The van der Waals surface area contributed by atoms with E-state index in [1.54, 1.807) is 0 Å². The van der Waals surface area contributed by atoms with E-state index in [4.69, 9.17) is 13.9 Å². The Morgan fingerprint density at radius 3 is 2.33 bits per heavy atom. The summed E-state index contributed by atoms with van der Waals surface area (Å²) in [6, 6.07) is 0.955. The molecule has 12 heavy (non-hydrogen) atoms. The molecule has 0 radical (unpaired) electrons. The Labute approximate surface area is 76.6 Å². The highest BCUT2D eigenvalue weighted by Gasteiger charge is 2.05. The molecule has 0 aliphatic heterocycles. The van der Waals surface area contributed by atoms with Crippen LogP contribution in [0.3, 0.4) is 0 Å². The highest BCUT2D eigenvalue weighted by molar-refractivity contribution is 6.27. The fraction of sp³-hybridized carbons (Fsp3) is 0.750. The third-order valence-corrected chi connectivity index (χ3v) is 2.33. The lowest BCUT2D eigenvalue weighted by atomic mass is 10.8. The van der Waals surface area contributed by atoms with Crippen molar-refractivity contribution in [2.24, 2.45) is 0 Å². The van der Waals surface area contributed by atoms with Crippen LogP contribution in [0.25, 0.3) is 0 Å². The molecule has 0 aromatic carbocycles. The van der Waals surface area contributed by atoms with Gasteiger partial charge in [-0.2, -0.15) is 0 Å². The molecule has 0 bridgehead atoms. The van der Waals surface area contributed by atoms with Crippen LogP contribution in [0.4, 0.5) is 0 Å². The second-order valence-electron chi connectivity index (χ2n) is 2.15. The predicted octanol–water partition coefficient (Wildman–Crippen LogP) is 1.05. The van der Waals surface area contributed by atoms with Crippen molar-refractivity contribution in [3.8, 4) is 0 Å². The van der Waals surface area contributed by atoms with E-state index in [2.05, 4.69) is 6.58 Å². The lowest BCUT2D eigenvalue weighted by Crippen LogP contribution is -2.22. The highest BCUT2D eigenvalue weighted by atomic mass is 28.2. The van der Waals surface area contributed by atoms with E-state index >= 15 is 0 Å². The summed E-state index contributed by atoms with van der Waals surface area (Å²) < 4.78 is 15.8. The minimum atomic E-state index is -0.545. The average Bonchev–Trinajstić information content (AvgIpc) is 2.06. The SMILES string of the molecule is C=CC[SiH2]OC(OCC)OCC. The standard InChI is InChI=1S/C8H18O3Si/c1-4-7-12-11-8(9-5-2)10-6-3/h4,8H,1,5-7,12H2,2-3H3. The van der Waals surface area contributed by atoms with Gasteiger partial charge < -0.3 is 13.9 Å². The summed E-state index contributed by atoms with van der Waals surface area (Å²) in [6.45, 7) is 8.25. The largest absolute Gasteiger partial charge is 0.378 e. The van der Waals surface area contributed by atoms with Crippen molar-refractivity contribution < 1.29 is 13.9 Å². The van der Waals surface area contributed by atoms with Gasteiger partial charge >= 0.3 is 0 Å². The lowest BCUT2D eigenvalue weighted by molar-refractivity contribution is -0.243. The minimum absolute atomic E-state index is 0.452. The van der Waals surface area contributed by atoms with Gasteiger partial charge in [-0.15, -0.1) is 6.58 Å². The molecule has 72 valence electrons. The predicted molar refractivity (Wildman–Crippen MR) is 51.7 cm³/mol. The normalized spacial score (nSPS) is 11.6. The molecule has 4 heteroatoms. The Balaban J connectivity index is 3.40. The van der Waals surface area contributed by atoms with Crippen molar-refractivity contribution in [3.63, 3.8) is 0 Å². The number of ether oxygens (including phenoxy) is 2. The van der Waals surface area contributed by atoms with Gasteiger partial charge in [0.25, 0.3) is 6.48 Å². The van der Waals surface area contributed by atoms with Gasteiger partial charge in [-0.3, -0.25) is 0 Å². The van der Waals surface area contributed by atoms with Crippen LogP contribution in [0.2, 0.25) is 6.04 Å². The molecule has 0 saturated heterocycles. The van der Waals surface area contributed by atoms with Crippen molar-refractivity contribution in [1.82, 2.24) is 0 Å². The maximum Gasteiger partial charge on any atom is 0.261 e. The third kappa shape index (κ3) is 6.54. The van der Waals surface area contributed by atoms with Gasteiger partial charge in [-0.1, -0.05) is 6.08 Å².